The Hall–Kier alpha value is -0.750. The van der Waals surface area contributed by atoms with Crippen molar-refractivity contribution in [2.45, 2.75) is 13.0 Å². The van der Waals surface area contributed by atoms with Gasteiger partial charge in [0.25, 0.3) is 6.43 Å². The number of hydrogen-bond donors (Lipinski definition) is 1. The molecule has 1 aromatic heterocycles. The molecule has 0 aliphatic rings. The number of aromatic nitrogens is 1. The molecule has 0 aliphatic carbocycles. The third kappa shape index (κ3) is 2.19. The number of ether oxygens (including phenoxy) is 1. The first kappa shape index (κ1) is 11.3. The lowest BCUT2D eigenvalue weighted by Crippen LogP contribution is -2.01. The fourth-order valence-electron chi connectivity index (χ4n) is 1.08. The van der Waals surface area contributed by atoms with E-state index in [9.17, 15) is 8.78 Å². The van der Waals surface area contributed by atoms with Gasteiger partial charge in [0.15, 0.2) is 5.75 Å². The van der Waals surface area contributed by atoms with Crippen LogP contribution in [0.2, 0.25) is 0 Å². The van der Waals surface area contributed by atoms with Gasteiger partial charge in [-0.1, -0.05) is 0 Å². The minimum atomic E-state index is -2.66. The number of halogens is 3. The van der Waals surface area contributed by atoms with Crippen LogP contribution in [0.25, 0.3) is 0 Å². The van der Waals surface area contributed by atoms with Crippen molar-refractivity contribution in [3.63, 3.8) is 0 Å². The Morgan fingerprint density at radius 3 is 2.71 bits per heavy atom. The molecule has 0 aromatic carbocycles. The van der Waals surface area contributed by atoms with E-state index in [1.807, 2.05) is 0 Å². The highest BCUT2D eigenvalue weighted by molar-refractivity contribution is 9.10. The van der Waals surface area contributed by atoms with Crippen LogP contribution in [-0.2, 0) is 6.61 Å². The van der Waals surface area contributed by atoms with Crippen molar-refractivity contribution in [1.82, 2.24) is 4.98 Å². The number of pyridine rings is 1. The Bertz CT molecular complexity index is 333. The summed E-state index contributed by atoms with van der Waals surface area (Å²) in [6.45, 7) is -0.442. The molecule has 6 heteroatoms. The van der Waals surface area contributed by atoms with Crippen LogP contribution in [0.15, 0.2) is 10.7 Å². The third-order valence-electron chi connectivity index (χ3n) is 1.63. The second-order valence-electron chi connectivity index (χ2n) is 2.47. The molecule has 0 fully saturated rings. The molecule has 1 rings (SSSR count). The van der Waals surface area contributed by atoms with Gasteiger partial charge in [0.2, 0.25) is 0 Å². The van der Waals surface area contributed by atoms with Gasteiger partial charge in [-0.05, 0) is 22.0 Å². The zero-order chi connectivity index (χ0) is 10.7. The van der Waals surface area contributed by atoms with Gasteiger partial charge in [-0.3, -0.25) is 0 Å². The molecule has 0 saturated carbocycles. The summed E-state index contributed by atoms with van der Waals surface area (Å²) in [5.41, 5.74) is -0.185. The van der Waals surface area contributed by atoms with Crippen molar-refractivity contribution in [2.24, 2.45) is 0 Å². The molecule has 1 N–H and O–H groups in total. The molecular formula is C8H8BrF2NO2. The number of alkyl halides is 2. The Morgan fingerprint density at radius 1 is 1.64 bits per heavy atom. The highest BCUT2D eigenvalue weighted by Crippen LogP contribution is 2.33. The average molecular weight is 268 g/mol. The Kier molecular flexibility index (Phi) is 3.77. The zero-order valence-corrected chi connectivity index (χ0v) is 8.88. The highest BCUT2D eigenvalue weighted by Gasteiger charge is 2.19. The van der Waals surface area contributed by atoms with Gasteiger partial charge in [-0.25, -0.2) is 13.8 Å². The molecule has 0 amide bonds. The van der Waals surface area contributed by atoms with E-state index in [1.54, 1.807) is 0 Å². The van der Waals surface area contributed by atoms with Crippen LogP contribution in [0.4, 0.5) is 8.78 Å². The summed E-state index contributed by atoms with van der Waals surface area (Å²) in [6.07, 6.45) is -2.66. The van der Waals surface area contributed by atoms with E-state index in [0.29, 0.717) is 0 Å². The second kappa shape index (κ2) is 4.65. The zero-order valence-electron chi connectivity index (χ0n) is 7.30. The minimum absolute atomic E-state index is 0.0642. The largest absolute Gasteiger partial charge is 0.494 e. The van der Waals surface area contributed by atoms with Crippen LogP contribution >= 0.6 is 15.9 Å². The molecule has 1 heterocycles. The first-order chi connectivity index (χ1) is 6.60. The van der Waals surface area contributed by atoms with Crippen molar-refractivity contribution in [1.29, 1.82) is 0 Å². The molecular weight excluding hydrogens is 260 g/mol. The number of aliphatic hydroxyl groups is 1. The summed E-state index contributed by atoms with van der Waals surface area (Å²) >= 11 is 2.97. The van der Waals surface area contributed by atoms with E-state index in [0.717, 1.165) is 0 Å². The van der Waals surface area contributed by atoms with Gasteiger partial charge in [0, 0.05) is 0 Å². The number of methoxy groups -OCH3 is 1. The maximum Gasteiger partial charge on any atom is 0.267 e. The van der Waals surface area contributed by atoms with E-state index in [2.05, 4.69) is 20.9 Å². The minimum Gasteiger partial charge on any atom is -0.494 e. The van der Waals surface area contributed by atoms with Gasteiger partial charge < -0.3 is 9.84 Å². The molecule has 0 saturated heterocycles. The van der Waals surface area contributed by atoms with Crippen molar-refractivity contribution >= 4 is 15.9 Å². The quantitative estimate of drug-likeness (QED) is 0.855. The third-order valence-corrected chi connectivity index (χ3v) is 2.04. The van der Waals surface area contributed by atoms with Crippen molar-refractivity contribution in [2.75, 3.05) is 7.11 Å². The molecule has 0 aliphatic heterocycles. The van der Waals surface area contributed by atoms with Gasteiger partial charge in [0.1, 0.15) is 10.3 Å². The van der Waals surface area contributed by atoms with Gasteiger partial charge in [0.05, 0.1) is 19.3 Å². The first-order valence-electron chi connectivity index (χ1n) is 3.72. The van der Waals surface area contributed by atoms with E-state index in [-0.39, 0.29) is 21.6 Å². The van der Waals surface area contributed by atoms with Crippen LogP contribution < -0.4 is 4.74 Å². The topological polar surface area (TPSA) is 42.4 Å². The van der Waals surface area contributed by atoms with Gasteiger partial charge >= 0.3 is 0 Å². The maximum atomic E-state index is 12.5. The lowest BCUT2D eigenvalue weighted by molar-refractivity contribution is 0.145. The SMILES string of the molecule is COc1c(C(F)F)cc(Br)nc1CO. The van der Waals surface area contributed by atoms with Gasteiger partial charge in [-0.2, -0.15) is 0 Å². The fourth-order valence-corrected chi connectivity index (χ4v) is 1.54. The number of aliphatic hydroxyl groups excluding tert-OH is 1. The normalized spacial score (nSPS) is 10.7. The molecule has 0 atom stereocenters. The summed E-state index contributed by atoms with van der Waals surface area (Å²) < 4.78 is 30.0. The Morgan fingerprint density at radius 2 is 2.29 bits per heavy atom. The smallest absolute Gasteiger partial charge is 0.267 e. The summed E-state index contributed by atoms with van der Waals surface area (Å²) in [6, 6.07) is 1.17. The molecule has 1 aromatic rings. The molecule has 0 radical (unpaired) electrons. The highest BCUT2D eigenvalue weighted by atomic mass is 79.9. The summed E-state index contributed by atoms with van der Waals surface area (Å²) in [5.74, 6) is -0.0642. The Balaban J connectivity index is 3.31. The van der Waals surface area contributed by atoms with Crippen LogP contribution in [0, 0.1) is 0 Å². The number of rotatable bonds is 3. The molecule has 0 unspecified atom stereocenters. The standard InChI is InChI=1S/C8H8BrF2NO2/c1-14-7-4(8(10)11)2-6(9)12-5(7)3-13/h2,8,13H,3H2,1H3. The van der Waals surface area contributed by atoms with E-state index >= 15 is 0 Å². The second-order valence-corrected chi connectivity index (χ2v) is 3.29. The van der Waals surface area contributed by atoms with Crippen molar-refractivity contribution in [3.8, 4) is 5.75 Å². The van der Waals surface area contributed by atoms with Crippen LogP contribution in [0.1, 0.15) is 17.7 Å². The molecule has 3 nitrogen and oxygen atoms in total. The van der Waals surface area contributed by atoms with Crippen LogP contribution in [0.5, 0.6) is 5.75 Å². The molecule has 14 heavy (non-hydrogen) atoms. The monoisotopic (exact) mass is 267 g/mol. The fraction of sp³-hybridized carbons (Fsp3) is 0.375. The molecule has 0 bridgehead atoms. The summed E-state index contributed by atoms with van der Waals surface area (Å²) in [7, 11) is 1.26. The molecule has 78 valence electrons. The lowest BCUT2D eigenvalue weighted by Gasteiger charge is -2.11. The van der Waals surface area contributed by atoms with Crippen molar-refractivity contribution < 1.29 is 18.6 Å². The first-order valence-corrected chi connectivity index (χ1v) is 4.51. The number of hydrogen-bond acceptors (Lipinski definition) is 3. The van der Waals surface area contributed by atoms with Gasteiger partial charge in [-0.15, -0.1) is 0 Å². The van der Waals surface area contributed by atoms with E-state index < -0.39 is 13.0 Å². The predicted molar refractivity (Wildman–Crippen MR) is 49.4 cm³/mol. The number of nitrogens with zero attached hydrogens (tertiary/aromatic N) is 1. The Labute approximate surface area is 87.9 Å². The van der Waals surface area contributed by atoms with Crippen LogP contribution in [0.3, 0.4) is 0 Å². The maximum absolute atomic E-state index is 12.5. The average Bonchev–Trinajstić information content (AvgIpc) is 2.16. The van der Waals surface area contributed by atoms with Crippen LogP contribution in [-0.4, -0.2) is 17.2 Å². The lowest BCUT2D eigenvalue weighted by atomic mass is 10.2. The summed E-state index contributed by atoms with van der Waals surface area (Å²) in [5, 5.41) is 8.87. The van der Waals surface area contributed by atoms with E-state index in [1.165, 1.54) is 13.2 Å². The molecule has 0 spiro atoms. The summed E-state index contributed by atoms with van der Waals surface area (Å²) in [4.78, 5) is 3.81. The predicted octanol–water partition coefficient (Wildman–Crippen LogP) is 2.28. The van der Waals surface area contributed by atoms with Crippen molar-refractivity contribution in [3.05, 3.63) is 21.9 Å². The van der Waals surface area contributed by atoms with E-state index in [4.69, 9.17) is 9.84 Å².